The zero-order valence-corrected chi connectivity index (χ0v) is 15.0. The maximum absolute atomic E-state index is 12.3. The SMILES string of the molecule is CCOCCOc1ccc(S(=O)(=O)N[C@H](CC(C)C)C(=O)O)cc1. The van der Waals surface area contributed by atoms with Gasteiger partial charge in [-0.2, -0.15) is 4.72 Å². The fourth-order valence-electron chi connectivity index (χ4n) is 2.00. The van der Waals surface area contributed by atoms with E-state index < -0.39 is 22.0 Å². The number of ether oxygens (including phenoxy) is 2. The molecular weight excluding hydrogens is 334 g/mol. The maximum Gasteiger partial charge on any atom is 0.321 e. The van der Waals surface area contributed by atoms with Crippen LogP contribution in [0, 0.1) is 5.92 Å². The summed E-state index contributed by atoms with van der Waals surface area (Å²) in [4.78, 5) is 11.2. The number of carboxylic acid groups (broad SMARTS) is 1. The monoisotopic (exact) mass is 359 g/mol. The van der Waals surface area contributed by atoms with Gasteiger partial charge < -0.3 is 14.6 Å². The number of carbonyl (C=O) groups is 1. The normalized spacial score (nSPS) is 13.0. The molecule has 1 aromatic carbocycles. The average molecular weight is 359 g/mol. The van der Waals surface area contributed by atoms with Gasteiger partial charge in [-0.25, -0.2) is 8.42 Å². The maximum atomic E-state index is 12.3. The van der Waals surface area contributed by atoms with Gasteiger partial charge in [-0.3, -0.25) is 4.79 Å². The van der Waals surface area contributed by atoms with Crippen LogP contribution in [0.15, 0.2) is 29.2 Å². The topological polar surface area (TPSA) is 102 Å². The molecule has 24 heavy (non-hydrogen) atoms. The summed E-state index contributed by atoms with van der Waals surface area (Å²) in [6.07, 6.45) is 0.215. The van der Waals surface area contributed by atoms with Crippen molar-refractivity contribution in [2.45, 2.75) is 38.1 Å². The van der Waals surface area contributed by atoms with E-state index >= 15 is 0 Å². The van der Waals surface area contributed by atoms with Gasteiger partial charge in [0.15, 0.2) is 0 Å². The third-order valence-corrected chi connectivity index (χ3v) is 4.62. The third-order valence-electron chi connectivity index (χ3n) is 3.14. The van der Waals surface area contributed by atoms with Crippen LogP contribution in [0.5, 0.6) is 5.75 Å². The predicted octanol–water partition coefficient (Wildman–Crippen LogP) is 1.88. The summed E-state index contributed by atoms with van der Waals surface area (Å²) in [5, 5.41) is 9.16. The first-order valence-corrected chi connectivity index (χ1v) is 9.30. The summed E-state index contributed by atoms with van der Waals surface area (Å²) in [6.45, 7) is 6.97. The van der Waals surface area contributed by atoms with Crippen molar-refractivity contribution in [2.24, 2.45) is 5.92 Å². The summed E-state index contributed by atoms with van der Waals surface area (Å²) >= 11 is 0. The molecule has 0 aliphatic heterocycles. The van der Waals surface area contributed by atoms with Crippen molar-refractivity contribution in [2.75, 3.05) is 19.8 Å². The van der Waals surface area contributed by atoms with Gasteiger partial charge in [0.2, 0.25) is 10.0 Å². The Balaban J connectivity index is 2.74. The van der Waals surface area contributed by atoms with Gasteiger partial charge >= 0.3 is 5.97 Å². The van der Waals surface area contributed by atoms with E-state index in [0.717, 1.165) is 0 Å². The average Bonchev–Trinajstić information content (AvgIpc) is 2.50. The lowest BCUT2D eigenvalue weighted by molar-refractivity contribution is -0.139. The minimum absolute atomic E-state index is 0.00494. The number of sulfonamides is 1. The number of hydrogen-bond donors (Lipinski definition) is 2. The van der Waals surface area contributed by atoms with E-state index in [1.54, 1.807) is 0 Å². The number of nitrogens with one attached hydrogen (secondary N) is 1. The fourth-order valence-corrected chi connectivity index (χ4v) is 3.21. The molecule has 1 rings (SSSR count). The number of carboxylic acids is 1. The molecule has 0 heterocycles. The Morgan fingerprint density at radius 2 is 1.83 bits per heavy atom. The van der Waals surface area contributed by atoms with E-state index in [0.29, 0.717) is 25.6 Å². The van der Waals surface area contributed by atoms with E-state index in [-0.39, 0.29) is 17.2 Å². The fraction of sp³-hybridized carbons (Fsp3) is 0.562. The van der Waals surface area contributed by atoms with Crippen LogP contribution in [0.3, 0.4) is 0 Å². The lowest BCUT2D eigenvalue weighted by atomic mass is 10.1. The Morgan fingerprint density at radius 1 is 1.21 bits per heavy atom. The molecule has 0 saturated carbocycles. The van der Waals surface area contributed by atoms with Gasteiger partial charge in [-0.1, -0.05) is 13.8 Å². The molecule has 1 atom stereocenters. The van der Waals surface area contributed by atoms with Crippen molar-refractivity contribution in [3.05, 3.63) is 24.3 Å². The summed E-state index contributed by atoms with van der Waals surface area (Å²) < 4.78 is 37.4. The minimum Gasteiger partial charge on any atom is -0.491 e. The number of aliphatic carboxylic acids is 1. The van der Waals surface area contributed by atoms with E-state index in [1.807, 2.05) is 20.8 Å². The molecule has 0 saturated heterocycles. The second kappa shape index (κ2) is 9.61. The number of hydrogen-bond acceptors (Lipinski definition) is 5. The van der Waals surface area contributed by atoms with Gasteiger partial charge in [0.1, 0.15) is 18.4 Å². The zero-order chi connectivity index (χ0) is 18.2. The van der Waals surface area contributed by atoms with Gasteiger partial charge in [-0.05, 0) is 43.5 Å². The van der Waals surface area contributed by atoms with E-state index in [1.165, 1.54) is 24.3 Å². The number of rotatable bonds is 11. The standard InChI is InChI=1S/C16H25NO6S/c1-4-22-9-10-23-13-5-7-14(8-6-13)24(20,21)17-15(16(18)19)11-12(2)3/h5-8,12,15,17H,4,9-11H2,1-3H3,(H,18,19)/t15-/m1/s1. The van der Waals surface area contributed by atoms with E-state index in [4.69, 9.17) is 14.6 Å². The summed E-state index contributed by atoms with van der Waals surface area (Å²) in [6, 6.07) is 4.66. The smallest absolute Gasteiger partial charge is 0.321 e. The molecule has 0 unspecified atom stereocenters. The highest BCUT2D eigenvalue weighted by Gasteiger charge is 2.26. The quantitative estimate of drug-likeness (QED) is 0.585. The second-order valence-corrected chi connectivity index (χ2v) is 7.37. The van der Waals surface area contributed by atoms with Crippen LogP contribution in [0.4, 0.5) is 0 Å². The van der Waals surface area contributed by atoms with Crippen LogP contribution in [-0.4, -0.2) is 45.4 Å². The molecule has 2 N–H and O–H groups in total. The van der Waals surface area contributed by atoms with Crippen LogP contribution >= 0.6 is 0 Å². The van der Waals surface area contributed by atoms with Crippen molar-refractivity contribution >= 4 is 16.0 Å². The van der Waals surface area contributed by atoms with Crippen LogP contribution in [-0.2, 0) is 19.6 Å². The van der Waals surface area contributed by atoms with Crippen LogP contribution in [0.25, 0.3) is 0 Å². The van der Waals surface area contributed by atoms with Gasteiger partial charge in [0, 0.05) is 6.61 Å². The first-order valence-electron chi connectivity index (χ1n) is 7.82. The highest BCUT2D eigenvalue weighted by molar-refractivity contribution is 7.89. The van der Waals surface area contributed by atoms with E-state index in [9.17, 15) is 13.2 Å². The highest BCUT2D eigenvalue weighted by Crippen LogP contribution is 2.17. The first kappa shape index (κ1) is 20.4. The third kappa shape index (κ3) is 6.86. The van der Waals surface area contributed by atoms with E-state index in [2.05, 4.69) is 4.72 Å². The van der Waals surface area contributed by atoms with Gasteiger partial charge in [0.25, 0.3) is 0 Å². The first-order chi connectivity index (χ1) is 11.3. The Kier molecular flexibility index (Phi) is 8.17. The lowest BCUT2D eigenvalue weighted by Gasteiger charge is -2.16. The van der Waals surface area contributed by atoms with Crippen LogP contribution < -0.4 is 9.46 Å². The van der Waals surface area contributed by atoms with Crippen molar-refractivity contribution in [3.63, 3.8) is 0 Å². The molecule has 0 bridgehead atoms. The Labute approximate surface area is 143 Å². The predicted molar refractivity (Wildman–Crippen MR) is 89.6 cm³/mol. The van der Waals surface area contributed by atoms with Gasteiger partial charge in [-0.15, -0.1) is 0 Å². The van der Waals surface area contributed by atoms with Crippen LogP contribution in [0.1, 0.15) is 27.2 Å². The number of benzene rings is 1. The highest BCUT2D eigenvalue weighted by atomic mass is 32.2. The summed E-state index contributed by atoms with van der Waals surface area (Å²) in [7, 11) is -3.91. The molecule has 1 aromatic rings. The molecule has 0 aliphatic carbocycles. The lowest BCUT2D eigenvalue weighted by Crippen LogP contribution is -2.41. The molecule has 0 amide bonds. The molecule has 0 spiro atoms. The molecule has 8 heteroatoms. The van der Waals surface area contributed by atoms with Crippen LogP contribution in [0.2, 0.25) is 0 Å². The molecule has 0 fully saturated rings. The second-order valence-electron chi connectivity index (χ2n) is 5.66. The zero-order valence-electron chi connectivity index (χ0n) is 14.2. The largest absolute Gasteiger partial charge is 0.491 e. The van der Waals surface area contributed by atoms with Crippen molar-refractivity contribution in [1.82, 2.24) is 4.72 Å². The Hall–Kier alpha value is -1.64. The summed E-state index contributed by atoms with van der Waals surface area (Å²) in [5.74, 6) is -0.622. The van der Waals surface area contributed by atoms with Crippen molar-refractivity contribution < 1.29 is 27.8 Å². The molecular formula is C16H25NO6S. The minimum atomic E-state index is -3.91. The Bertz CT molecular complexity index is 612. The van der Waals surface area contributed by atoms with Gasteiger partial charge in [0.05, 0.1) is 11.5 Å². The van der Waals surface area contributed by atoms with Crippen molar-refractivity contribution in [3.8, 4) is 5.75 Å². The molecule has 7 nitrogen and oxygen atoms in total. The van der Waals surface area contributed by atoms with Crippen molar-refractivity contribution in [1.29, 1.82) is 0 Å². The summed E-state index contributed by atoms with van der Waals surface area (Å²) in [5.41, 5.74) is 0. The molecule has 0 aromatic heterocycles. The Morgan fingerprint density at radius 3 is 2.33 bits per heavy atom. The molecule has 0 aliphatic rings. The molecule has 0 radical (unpaired) electrons. The molecule has 136 valence electrons.